The molecule has 0 aliphatic rings. The fraction of sp³-hybridized carbons (Fsp3) is 0.208. The van der Waals surface area contributed by atoms with E-state index >= 15 is 0 Å². The van der Waals surface area contributed by atoms with Gasteiger partial charge in [0.1, 0.15) is 5.56 Å². The van der Waals surface area contributed by atoms with E-state index in [4.69, 9.17) is 0 Å². The summed E-state index contributed by atoms with van der Waals surface area (Å²) < 4.78 is 5.35. The lowest BCUT2D eigenvalue weighted by Gasteiger charge is -2.04. The van der Waals surface area contributed by atoms with E-state index in [1.807, 2.05) is 43.1 Å². The van der Waals surface area contributed by atoms with E-state index in [1.165, 1.54) is 11.8 Å². The van der Waals surface area contributed by atoms with E-state index in [0.717, 1.165) is 29.1 Å². The number of carbonyl (C=O) groups is 1. The minimum absolute atomic E-state index is 0.309. The predicted molar refractivity (Wildman–Crippen MR) is 125 cm³/mol. The highest BCUT2D eigenvalue weighted by molar-refractivity contribution is 6.07. The highest BCUT2D eigenvalue weighted by Gasteiger charge is 2.19. The first-order chi connectivity index (χ1) is 16.0. The van der Waals surface area contributed by atoms with Gasteiger partial charge >= 0.3 is 0 Å². The smallest absolute Gasteiger partial charge is 0.262 e. The number of aromatic nitrogens is 7. The first-order valence-corrected chi connectivity index (χ1v) is 10.8. The lowest BCUT2D eigenvalue weighted by atomic mass is 10.1. The maximum Gasteiger partial charge on any atom is 0.262 e. The van der Waals surface area contributed by atoms with Gasteiger partial charge in [-0.15, -0.1) is 0 Å². The Labute approximate surface area is 190 Å². The Bertz CT molecular complexity index is 1460. The van der Waals surface area contributed by atoms with Crippen LogP contribution in [0.2, 0.25) is 0 Å². The summed E-state index contributed by atoms with van der Waals surface area (Å²) >= 11 is 0. The Balaban J connectivity index is 1.38. The van der Waals surface area contributed by atoms with E-state index in [2.05, 4.69) is 50.7 Å². The van der Waals surface area contributed by atoms with Gasteiger partial charge in [0, 0.05) is 36.8 Å². The summed E-state index contributed by atoms with van der Waals surface area (Å²) in [6.45, 7) is 7.46. The van der Waals surface area contributed by atoms with Crippen LogP contribution in [0.1, 0.15) is 34.1 Å². The van der Waals surface area contributed by atoms with Crippen LogP contribution in [-0.4, -0.2) is 40.1 Å². The number of benzene rings is 1. The summed E-state index contributed by atoms with van der Waals surface area (Å²) in [7, 11) is 0. The fourth-order valence-electron chi connectivity index (χ4n) is 3.88. The van der Waals surface area contributed by atoms with Gasteiger partial charge in [-0.05, 0) is 32.4 Å². The van der Waals surface area contributed by atoms with Gasteiger partial charge in [-0.1, -0.05) is 29.8 Å². The van der Waals surface area contributed by atoms with Gasteiger partial charge in [0.05, 0.1) is 24.1 Å². The molecule has 0 bridgehead atoms. The highest BCUT2D eigenvalue weighted by atomic mass is 16.1. The van der Waals surface area contributed by atoms with Gasteiger partial charge in [-0.2, -0.15) is 15.3 Å². The van der Waals surface area contributed by atoms with Crippen molar-refractivity contribution in [1.29, 1.82) is 0 Å². The van der Waals surface area contributed by atoms with Crippen LogP contribution in [0.25, 0.3) is 16.9 Å². The SMILES string of the molecule is CCn1cc(-c2ccnc3c(C(=O)Nc4ccn(Cc5cccc(C)c5)n4)cnn23)c(C)n1. The second-order valence-electron chi connectivity index (χ2n) is 7.95. The van der Waals surface area contributed by atoms with Crippen molar-refractivity contribution < 1.29 is 4.79 Å². The largest absolute Gasteiger partial charge is 0.305 e. The molecule has 1 amide bonds. The first kappa shape index (κ1) is 20.6. The number of carbonyl (C=O) groups excluding carboxylic acids is 1. The van der Waals surface area contributed by atoms with Crippen molar-refractivity contribution in [2.24, 2.45) is 0 Å². The number of amides is 1. The summed E-state index contributed by atoms with van der Waals surface area (Å²) in [5.74, 6) is 0.166. The molecule has 0 saturated carbocycles. The van der Waals surface area contributed by atoms with E-state index in [-0.39, 0.29) is 5.91 Å². The molecule has 0 aliphatic heterocycles. The van der Waals surface area contributed by atoms with Gasteiger partial charge in [0.15, 0.2) is 11.5 Å². The van der Waals surface area contributed by atoms with Crippen LogP contribution in [0.15, 0.2) is 61.2 Å². The molecule has 5 rings (SSSR count). The van der Waals surface area contributed by atoms with Crippen LogP contribution in [0, 0.1) is 13.8 Å². The quantitative estimate of drug-likeness (QED) is 0.434. The minimum Gasteiger partial charge on any atom is -0.305 e. The topological polar surface area (TPSA) is 94.9 Å². The summed E-state index contributed by atoms with van der Waals surface area (Å²) in [5, 5.41) is 16.3. The minimum atomic E-state index is -0.309. The van der Waals surface area contributed by atoms with E-state index in [0.29, 0.717) is 23.6 Å². The molecule has 0 atom stereocenters. The molecule has 1 aromatic carbocycles. The lowest BCUT2D eigenvalue weighted by Crippen LogP contribution is -2.13. The molecule has 0 aliphatic carbocycles. The third kappa shape index (κ3) is 4.00. The first-order valence-electron chi connectivity index (χ1n) is 10.8. The molecular weight excluding hydrogens is 416 g/mol. The zero-order valence-electron chi connectivity index (χ0n) is 18.7. The standard InChI is InChI=1S/C24H24N8O/c1-4-30-15-20(17(3)28-30)21-8-10-25-23-19(13-26-32(21)23)24(33)27-22-9-11-31(29-22)14-18-7-5-6-16(2)12-18/h5-13,15H,4,14H2,1-3H3,(H,27,29,33). The number of anilines is 1. The van der Waals surface area contributed by atoms with Gasteiger partial charge in [0.2, 0.25) is 0 Å². The van der Waals surface area contributed by atoms with Crippen LogP contribution >= 0.6 is 0 Å². The van der Waals surface area contributed by atoms with Crippen LogP contribution in [0.4, 0.5) is 5.82 Å². The van der Waals surface area contributed by atoms with Crippen LogP contribution in [0.5, 0.6) is 0 Å². The molecular formula is C24H24N8O. The Morgan fingerprint density at radius 3 is 2.76 bits per heavy atom. The molecule has 4 heterocycles. The Kier molecular flexibility index (Phi) is 5.21. The van der Waals surface area contributed by atoms with Crippen LogP contribution < -0.4 is 5.32 Å². The van der Waals surface area contributed by atoms with E-state index in [9.17, 15) is 4.79 Å². The third-order valence-corrected chi connectivity index (χ3v) is 5.50. The van der Waals surface area contributed by atoms with Crippen LogP contribution in [-0.2, 0) is 13.1 Å². The molecule has 0 radical (unpaired) electrons. The Morgan fingerprint density at radius 1 is 1.09 bits per heavy atom. The van der Waals surface area contributed by atoms with E-state index < -0.39 is 0 Å². The summed E-state index contributed by atoms with van der Waals surface area (Å²) in [6.07, 6.45) is 7.04. The number of nitrogens with zero attached hydrogens (tertiary/aromatic N) is 7. The van der Waals surface area contributed by atoms with Crippen molar-refractivity contribution in [3.8, 4) is 11.3 Å². The average molecular weight is 441 g/mol. The molecule has 0 fully saturated rings. The Hall–Kier alpha value is -4.27. The molecule has 9 heteroatoms. The maximum atomic E-state index is 13.0. The summed E-state index contributed by atoms with van der Waals surface area (Å²) in [6, 6.07) is 11.9. The molecule has 5 aromatic rings. The molecule has 0 unspecified atom stereocenters. The fourth-order valence-corrected chi connectivity index (χ4v) is 3.88. The number of rotatable bonds is 6. The number of nitrogens with one attached hydrogen (secondary N) is 1. The molecule has 33 heavy (non-hydrogen) atoms. The third-order valence-electron chi connectivity index (χ3n) is 5.50. The molecule has 9 nitrogen and oxygen atoms in total. The zero-order chi connectivity index (χ0) is 22.9. The van der Waals surface area contributed by atoms with Crippen molar-refractivity contribution in [2.45, 2.75) is 33.9 Å². The summed E-state index contributed by atoms with van der Waals surface area (Å²) in [5.41, 5.74) is 5.89. The summed E-state index contributed by atoms with van der Waals surface area (Å²) in [4.78, 5) is 17.4. The molecule has 0 saturated heterocycles. The van der Waals surface area contributed by atoms with Crippen LogP contribution in [0.3, 0.4) is 0 Å². The molecule has 166 valence electrons. The van der Waals surface area contributed by atoms with Gasteiger partial charge in [0.25, 0.3) is 5.91 Å². The molecule has 4 aromatic heterocycles. The monoisotopic (exact) mass is 440 g/mol. The van der Waals surface area contributed by atoms with Crippen molar-refractivity contribution in [2.75, 3.05) is 5.32 Å². The average Bonchev–Trinajstić information content (AvgIpc) is 3.52. The van der Waals surface area contributed by atoms with Crippen molar-refractivity contribution in [1.82, 2.24) is 34.2 Å². The van der Waals surface area contributed by atoms with Gasteiger partial charge in [-0.3, -0.25) is 14.2 Å². The van der Waals surface area contributed by atoms with Gasteiger partial charge < -0.3 is 5.32 Å². The lowest BCUT2D eigenvalue weighted by molar-refractivity contribution is 0.102. The highest BCUT2D eigenvalue weighted by Crippen LogP contribution is 2.24. The number of fused-ring (bicyclic) bond motifs is 1. The maximum absolute atomic E-state index is 13.0. The number of hydrogen-bond donors (Lipinski definition) is 1. The second-order valence-corrected chi connectivity index (χ2v) is 7.95. The van der Waals surface area contributed by atoms with Crippen molar-refractivity contribution in [3.63, 3.8) is 0 Å². The Morgan fingerprint density at radius 2 is 1.97 bits per heavy atom. The normalized spacial score (nSPS) is 11.2. The second kappa shape index (κ2) is 8.34. The predicted octanol–water partition coefficient (Wildman–Crippen LogP) is 3.73. The molecule has 0 spiro atoms. The number of aryl methyl sites for hydroxylation is 3. The van der Waals surface area contributed by atoms with E-state index in [1.54, 1.807) is 21.5 Å². The van der Waals surface area contributed by atoms with Crippen molar-refractivity contribution >= 4 is 17.4 Å². The molecule has 1 N–H and O–H groups in total. The van der Waals surface area contributed by atoms with Crippen molar-refractivity contribution in [3.05, 3.63) is 83.6 Å². The van der Waals surface area contributed by atoms with Gasteiger partial charge in [-0.25, -0.2) is 9.50 Å². The number of hydrogen-bond acceptors (Lipinski definition) is 5. The zero-order valence-corrected chi connectivity index (χ0v) is 18.7.